The third-order valence-corrected chi connectivity index (χ3v) is 4.62. The van der Waals surface area contributed by atoms with Crippen LogP contribution in [0.5, 0.6) is 0 Å². The number of amides is 2. The maximum absolute atomic E-state index is 12.3. The van der Waals surface area contributed by atoms with E-state index >= 15 is 0 Å². The van der Waals surface area contributed by atoms with E-state index in [-0.39, 0.29) is 24.3 Å². The zero-order chi connectivity index (χ0) is 15.4. The molecular formula is C15H25N3O2S. The number of carbonyl (C=O) groups excluding carboxylic acids is 1. The molecule has 5 nitrogen and oxygen atoms in total. The Morgan fingerprint density at radius 2 is 2.14 bits per heavy atom. The van der Waals surface area contributed by atoms with E-state index in [1.165, 1.54) is 4.88 Å². The largest absolute Gasteiger partial charge is 0.372 e. The number of ether oxygens (including phenoxy) is 1. The van der Waals surface area contributed by atoms with Crippen molar-refractivity contribution in [2.75, 3.05) is 33.7 Å². The topological polar surface area (TPSA) is 44.8 Å². The average molecular weight is 311 g/mol. The fourth-order valence-electron chi connectivity index (χ4n) is 2.66. The molecule has 1 fully saturated rings. The Morgan fingerprint density at radius 3 is 2.67 bits per heavy atom. The lowest BCUT2D eigenvalue weighted by Gasteiger charge is -2.35. The predicted octanol–water partition coefficient (Wildman–Crippen LogP) is 2.17. The Labute approximate surface area is 130 Å². The molecule has 3 atom stereocenters. The lowest BCUT2D eigenvalue weighted by atomic mass is 10.2. The van der Waals surface area contributed by atoms with Crippen LogP contribution >= 0.6 is 11.3 Å². The van der Waals surface area contributed by atoms with Crippen molar-refractivity contribution >= 4 is 17.4 Å². The number of thiophene rings is 1. The summed E-state index contributed by atoms with van der Waals surface area (Å²) >= 11 is 1.72. The Morgan fingerprint density at radius 1 is 1.48 bits per heavy atom. The summed E-state index contributed by atoms with van der Waals surface area (Å²) in [4.78, 5) is 17.6. The molecule has 1 saturated heterocycles. The molecule has 1 aliphatic heterocycles. The molecule has 0 aliphatic carbocycles. The van der Waals surface area contributed by atoms with Crippen LogP contribution < -0.4 is 5.32 Å². The molecule has 21 heavy (non-hydrogen) atoms. The van der Waals surface area contributed by atoms with Gasteiger partial charge < -0.3 is 19.9 Å². The number of nitrogens with one attached hydrogen (secondary N) is 1. The molecule has 2 rings (SSSR count). The van der Waals surface area contributed by atoms with Crippen LogP contribution in [0, 0.1) is 0 Å². The number of hydrogen-bond acceptors (Lipinski definition) is 4. The molecule has 1 aromatic heterocycles. The van der Waals surface area contributed by atoms with E-state index in [0.29, 0.717) is 19.6 Å². The van der Waals surface area contributed by atoms with Crippen molar-refractivity contribution in [2.45, 2.75) is 32.1 Å². The third-order valence-electron chi connectivity index (χ3n) is 3.65. The molecule has 0 unspecified atom stereocenters. The molecule has 0 aromatic carbocycles. The minimum absolute atomic E-state index is 0.000376. The van der Waals surface area contributed by atoms with Crippen LogP contribution in [-0.4, -0.2) is 61.8 Å². The maximum Gasteiger partial charge on any atom is 0.317 e. The highest BCUT2D eigenvalue weighted by Gasteiger charge is 2.26. The summed E-state index contributed by atoms with van der Waals surface area (Å²) in [7, 11) is 4.07. The van der Waals surface area contributed by atoms with Gasteiger partial charge in [0.25, 0.3) is 0 Å². The second-order valence-corrected chi connectivity index (χ2v) is 6.82. The van der Waals surface area contributed by atoms with E-state index in [9.17, 15) is 4.79 Å². The van der Waals surface area contributed by atoms with Crippen LogP contribution in [0.2, 0.25) is 0 Å². The van der Waals surface area contributed by atoms with Crippen LogP contribution in [0.25, 0.3) is 0 Å². The standard InChI is InChI=1S/C15H25N3O2S/c1-11-9-18(10-12(2)20-11)15(19)16-8-13(17(3)4)14-6-5-7-21-14/h5-7,11-13H,8-10H2,1-4H3,(H,16,19)/t11-,12+,13-/m1/s1. The maximum atomic E-state index is 12.3. The first kappa shape index (κ1) is 16.3. The fraction of sp³-hybridized carbons (Fsp3) is 0.667. The van der Waals surface area contributed by atoms with E-state index in [4.69, 9.17) is 4.74 Å². The monoisotopic (exact) mass is 311 g/mol. The minimum Gasteiger partial charge on any atom is -0.372 e. The van der Waals surface area contributed by atoms with Crippen molar-refractivity contribution in [2.24, 2.45) is 0 Å². The second-order valence-electron chi connectivity index (χ2n) is 5.84. The van der Waals surface area contributed by atoms with Gasteiger partial charge >= 0.3 is 6.03 Å². The Hall–Kier alpha value is -1.11. The number of nitrogens with zero attached hydrogens (tertiary/aromatic N) is 2. The van der Waals surface area contributed by atoms with Crippen molar-refractivity contribution in [3.63, 3.8) is 0 Å². The van der Waals surface area contributed by atoms with E-state index in [1.807, 2.05) is 38.9 Å². The average Bonchev–Trinajstić information content (AvgIpc) is 2.91. The summed E-state index contributed by atoms with van der Waals surface area (Å²) in [6.07, 6.45) is 0.197. The van der Waals surface area contributed by atoms with Gasteiger partial charge in [-0.15, -0.1) is 11.3 Å². The highest BCUT2D eigenvalue weighted by molar-refractivity contribution is 7.10. The van der Waals surface area contributed by atoms with Crippen molar-refractivity contribution in [1.82, 2.24) is 15.1 Å². The van der Waals surface area contributed by atoms with Gasteiger partial charge in [0.1, 0.15) is 0 Å². The first-order valence-corrected chi connectivity index (χ1v) is 8.23. The SMILES string of the molecule is C[C@@H]1CN(C(=O)NC[C@H](c2cccs2)N(C)C)C[C@H](C)O1. The number of morpholine rings is 1. The molecule has 1 aromatic rings. The first-order chi connectivity index (χ1) is 9.97. The van der Waals surface area contributed by atoms with E-state index in [2.05, 4.69) is 21.7 Å². The van der Waals surface area contributed by atoms with Crippen LogP contribution in [-0.2, 0) is 4.74 Å². The molecule has 0 radical (unpaired) electrons. The van der Waals surface area contributed by atoms with Crippen LogP contribution in [0.1, 0.15) is 24.8 Å². The van der Waals surface area contributed by atoms with Gasteiger partial charge in [0.15, 0.2) is 0 Å². The lowest BCUT2D eigenvalue weighted by molar-refractivity contribution is -0.0546. The zero-order valence-electron chi connectivity index (χ0n) is 13.2. The molecule has 2 amide bonds. The summed E-state index contributed by atoms with van der Waals surface area (Å²) in [6.45, 7) is 5.94. The Bertz CT molecular complexity index is 440. The van der Waals surface area contributed by atoms with Crippen LogP contribution in [0.4, 0.5) is 4.79 Å². The first-order valence-electron chi connectivity index (χ1n) is 7.35. The quantitative estimate of drug-likeness (QED) is 0.927. The van der Waals surface area contributed by atoms with E-state index in [1.54, 1.807) is 11.3 Å². The van der Waals surface area contributed by atoms with Gasteiger partial charge in [0, 0.05) is 24.5 Å². The number of carbonyl (C=O) groups is 1. The highest BCUT2D eigenvalue weighted by Crippen LogP contribution is 2.22. The van der Waals surface area contributed by atoms with Crippen LogP contribution in [0.3, 0.4) is 0 Å². The highest BCUT2D eigenvalue weighted by atomic mass is 32.1. The lowest BCUT2D eigenvalue weighted by Crippen LogP contribution is -2.52. The number of likely N-dealkylation sites (N-methyl/N-ethyl adjacent to an activating group) is 1. The van der Waals surface area contributed by atoms with E-state index in [0.717, 1.165) is 0 Å². The van der Waals surface area contributed by atoms with Gasteiger partial charge in [-0.25, -0.2) is 4.79 Å². The normalized spacial score (nSPS) is 24.1. The smallest absolute Gasteiger partial charge is 0.317 e. The summed E-state index contributed by atoms with van der Waals surface area (Å²) < 4.78 is 5.66. The van der Waals surface area contributed by atoms with Gasteiger partial charge in [0.2, 0.25) is 0 Å². The molecular weight excluding hydrogens is 286 g/mol. The third kappa shape index (κ3) is 4.43. The van der Waals surface area contributed by atoms with Crippen molar-refractivity contribution in [3.8, 4) is 0 Å². The van der Waals surface area contributed by atoms with Gasteiger partial charge in [-0.1, -0.05) is 6.07 Å². The molecule has 2 heterocycles. The second kappa shape index (κ2) is 7.24. The fourth-order valence-corrected chi connectivity index (χ4v) is 3.58. The van der Waals surface area contributed by atoms with Gasteiger partial charge in [-0.05, 0) is 39.4 Å². The summed E-state index contributed by atoms with van der Waals surface area (Å²) in [5.41, 5.74) is 0. The van der Waals surface area contributed by atoms with Gasteiger partial charge in [-0.3, -0.25) is 0 Å². The predicted molar refractivity (Wildman–Crippen MR) is 85.7 cm³/mol. The summed E-state index contributed by atoms with van der Waals surface area (Å²) in [5.74, 6) is 0. The number of urea groups is 1. The van der Waals surface area contributed by atoms with Crippen LogP contribution in [0.15, 0.2) is 17.5 Å². The van der Waals surface area contributed by atoms with Crippen molar-refractivity contribution in [3.05, 3.63) is 22.4 Å². The molecule has 1 N–H and O–H groups in total. The molecule has 0 spiro atoms. The number of rotatable bonds is 4. The Kier molecular flexibility index (Phi) is 5.61. The molecule has 0 saturated carbocycles. The van der Waals surface area contributed by atoms with Gasteiger partial charge in [-0.2, -0.15) is 0 Å². The number of hydrogen-bond donors (Lipinski definition) is 1. The zero-order valence-corrected chi connectivity index (χ0v) is 14.0. The Balaban J connectivity index is 1.90. The molecule has 118 valence electrons. The van der Waals surface area contributed by atoms with Gasteiger partial charge in [0.05, 0.1) is 18.2 Å². The minimum atomic E-state index is 0.000376. The molecule has 0 bridgehead atoms. The van der Waals surface area contributed by atoms with Crippen molar-refractivity contribution < 1.29 is 9.53 Å². The van der Waals surface area contributed by atoms with Crippen molar-refractivity contribution in [1.29, 1.82) is 0 Å². The molecule has 1 aliphatic rings. The molecule has 6 heteroatoms. The summed E-state index contributed by atoms with van der Waals surface area (Å²) in [5, 5.41) is 5.13. The van der Waals surface area contributed by atoms with E-state index < -0.39 is 0 Å². The summed E-state index contributed by atoms with van der Waals surface area (Å²) in [6, 6.07) is 4.37.